The van der Waals surface area contributed by atoms with Crippen molar-refractivity contribution < 1.29 is 15.0 Å². The Hall–Kier alpha value is -1.91. The van der Waals surface area contributed by atoms with Crippen molar-refractivity contribution in [2.75, 3.05) is 6.61 Å². The third-order valence-electron chi connectivity index (χ3n) is 7.07. The molecule has 0 heterocycles. The predicted molar refractivity (Wildman–Crippen MR) is 174 cm³/mol. The number of hydrogen-bond donors (Lipinski definition) is 3. The molecule has 0 aliphatic carbocycles. The highest BCUT2D eigenvalue weighted by molar-refractivity contribution is 5.76. The van der Waals surface area contributed by atoms with Crippen LogP contribution in [0.25, 0.3) is 0 Å². The SMILES string of the molecule is C/C=C/CC/C=C/CC/C=C/C(O)C(CO)NC(=O)CCCCCCCCCCCC/C=C\C=C/CCCCC. The molecular weight excluding hydrogens is 494 g/mol. The Morgan fingerprint density at radius 2 is 1.15 bits per heavy atom. The van der Waals surface area contributed by atoms with Crippen LogP contribution < -0.4 is 5.32 Å². The molecule has 2 unspecified atom stereocenters. The molecule has 40 heavy (non-hydrogen) atoms. The van der Waals surface area contributed by atoms with E-state index in [9.17, 15) is 15.0 Å². The third-order valence-corrected chi connectivity index (χ3v) is 7.07. The third kappa shape index (κ3) is 27.6. The van der Waals surface area contributed by atoms with E-state index in [4.69, 9.17) is 0 Å². The van der Waals surface area contributed by atoms with E-state index >= 15 is 0 Å². The van der Waals surface area contributed by atoms with Gasteiger partial charge in [0.2, 0.25) is 5.91 Å². The largest absolute Gasteiger partial charge is 0.394 e. The van der Waals surface area contributed by atoms with Crippen LogP contribution >= 0.6 is 0 Å². The van der Waals surface area contributed by atoms with E-state index in [2.05, 4.69) is 60.8 Å². The summed E-state index contributed by atoms with van der Waals surface area (Å²) in [7, 11) is 0. The highest BCUT2D eigenvalue weighted by Gasteiger charge is 2.17. The number of allylic oxidation sites excluding steroid dienone is 9. The first-order valence-corrected chi connectivity index (χ1v) is 16.5. The Morgan fingerprint density at radius 1 is 0.650 bits per heavy atom. The van der Waals surface area contributed by atoms with Gasteiger partial charge in [0.25, 0.3) is 0 Å². The summed E-state index contributed by atoms with van der Waals surface area (Å²) < 4.78 is 0. The summed E-state index contributed by atoms with van der Waals surface area (Å²) in [6, 6.07) is -0.645. The highest BCUT2D eigenvalue weighted by Crippen LogP contribution is 2.12. The van der Waals surface area contributed by atoms with Crippen LogP contribution in [-0.2, 0) is 4.79 Å². The lowest BCUT2D eigenvalue weighted by atomic mass is 10.0. The van der Waals surface area contributed by atoms with Crippen LogP contribution in [0.3, 0.4) is 0 Å². The number of rotatable bonds is 28. The van der Waals surface area contributed by atoms with Crippen molar-refractivity contribution >= 4 is 5.91 Å². The van der Waals surface area contributed by atoms with Gasteiger partial charge in [-0.2, -0.15) is 0 Å². The maximum Gasteiger partial charge on any atom is 0.220 e. The van der Waals surface area contributed by atoms with Gasteiger partial charge in [0, 0.05) is 6.42 Å². The van der Waals surface area contributed by atoms with Crippen molar-refractivity contribution in [2.45, 2.75) is 154 Å². The standard InChI is InChI=1S/C36H63NO3/c1-3-5-7-9-11-13-14-15-16-17-18-19-20-21-22-24-26-28-30-32-36(40)37-34(33-38)35(39)31-29-27-25-23-12-10-8-6-4-2/h4,6,11-15,23,29,31,34-35,38-39H,3,5,7-10,16-22,24-28,30,32-33H2,1-2H3,(H,37,40)/b6-4+,13-11-,15-14-,23-12+,31-29+. The van der Waals surface area contributed by atoms with Crippen LogP contribution in [0.4, 0.5) is 0 Å². The summed E-state index contributed by atoms with van der Waals surface area (Å²) in [6.07, 6.45) is 43.1. The monoisotopic (exact) mass is 557 g/mol. The van der Waals surface area contributed by atoms with Gasteiger partial charge in [0.05, 0.1) is 18.8 Å². The number of nitrogens with one attached hydrogen (secondary N) is 1. The van der Waals surface area contributed by atoms with Gasteiger partial charge in [0.1, 0.15) is 0 Å². The minimum absolute atomic E-state index is 0.0894. The topological polar surface area (TPSA) is 69.6 Å². The van der Waals surface area contributed by atoms with Crippen molar-refractivity contribution in [1.29, 1.82) is 0 Å². The molecule has 0 aromatic heterocycles. The van der Waals surface area contributed by atoms with Crippen LogP contribution in [0.5, 0.6) is 0 Å². The van der Waals surface area contributed by atoms with Gasteiger partial charge in [0.15, 0.2) is 0 Å². The molecule has 230 valence electrons. The van der Waals surface area contributed by atoms with E-state index in [-0.39, 0.29) is 12.5 Å². The van der Waals surface area contributed by atoms with Gasteiger partial charge in [-0.3, -0.25) is 4.79 Å². The maximum absolute atomic E-state index is 12.2. The van der Waals surface area contributed by atoms with Gasteiger partial charge in [-0.25, -0.2) is 0 Å². The number of carbonyl (C=O) groups excluding carboxylic acids is 1. The van der Waals surface area contributed by atoms with E-state index in [1.165, 1.54) is 83.5 Å². The van der Waals surface area contributed by atoms with E-state index in [1.54, 1.807) is 6.08 Å². The molecule has 0 aliphatic heterocycles. The molecule has 4 heteroatoms. The molecule has 0 aromatic carbocycles. The molecule has 1 amide bonds. The van der Waals surface area contributed by atoms with Crippen molar-refractivity contribution in [3.05, 3.63) is 60.8 Å². The van der Waals surface area contributed by atoms with E-state index in [0.29, 0.717) is 6.42 Å². The molecule has 0 aliphatic rings. The first-order valence-electron chi connectivity index (χ1n) is 16.5. The molecule has 0 aromatic rings. The van der Waals surface area contributed by atoms with Crippen LogP contribution in [0.1, 0.15) is 142 Å². The zero-order chi connectivity index (χ0) is 29.4. The smallest absolute Gasteiger partial charge is 0.220 e. The fourth-order valence-electron chi connectivity index (χ4n) is 4.50. The fourth-order valence-corrected chi connectivity index (χ4v) is 4.50. The Bertz CT molecular complexity index is 692. The number of aliphatic hydroxyl groups excluding tert-OH is 2. The lowest BCUT2D eigenvalue weighted by molar-refractivity contribution is -0.123. The molecule has 0 radical (unpaired) electrons. The second kappa shape index (κ2) is 31.6. The van der Waals surface area contributed by atoms with Crippen molar-refractivity contribution in [2.24, 2.45) is 0 Å². The molecule has 2 atom stereocenters. The van der Waals surface area contributed by atoms with Crippen molar-refractivity contribution in [3.8, 4) is 0 Å². The first kappa shape index (κ1) is 38.1. The summed E-state index contributed by atoms with van der Waals surface area (Å²) in [5, 5.41) is 22.7. The van der Waals surface area contributed by atoms with Crippen LogP contribution in [0.2, 0.25) is 0 Å². The summed E-state index contributed by atoms with van der Waals surface area (Å²) in [4.78, 5) is 12.2. The number of unbranched alkanes of at least 4 members (excludes halogenated alkanes) is 15. The highest BCUT2D eigenvalue weighted by atomic mass is 16.3. The summed E-state index contributed by atoms with van der Waals surface area (Å²) in [5.74, 6) is -0.0894. The Labute approximate surface area is 247 Å². The second-order valence-corrected chi connectivity index (χ2v) is 10.9. The summed E-state index contributed by atoms with van der Waals surface area (Å²) in [5.41, 5.74) is 0. The zero-order valence-corrected chi connectivity index (χ0v) is 26.1. The van der Waals surface area contributed by atoms with Gasteiger partial charge < -0.3 is 15.5 Å². The van der Waals surface area contributed by atoms with Crippen LogP contribution in [-0.4, -0.2) is 34.9 Å². The van der Waals surface area contributed by atoms with Crippen molar-refractivity contribution in [3.63, 3.8) is 0 Å². The number of hydrogen-bond acceptors (Lipinski definition) is 3. The van der Waals surface area contributed by atoms with E-state index in [1.807, 2.05) is 13.0 Å². The molecule has 3 N–H and O–H groups in total. The molecule has 0 saturated heterocycles. The lowest BCUT2D eigenvalue weighted by Crippen LogP contribution is -2.45. The first-order chi connectivity index (χ1) is 19.7. The minimum atomic E-state index is -0.869. The molecule has 0 bridgehead atoms. The summed E-state index contributed by atoms with van der Waals surface area (Å²) >= 11 is 0. The Morgan fingerprint density at radius 3 is 1.70 bits per heavy atom. The van der Waals surface area contributed by atoms with Gasteiger partial charge in [-0.05, 0) is 64.7 Å². The number of carbonyl (C=O) groups is 1. The summed E-state index contributed by atoms with van der Waals surface area (Å²) in [6.45, 7) is 4.01. The number of amides is 1. The predicted octanol–water partition coefficient (Wildman–Crippen LogP) is 9.45. The average molecular weight is 558 g/mol. The van der Waals surface area contributed by atoms with E-state index < -0.39 is 12.1 Å². The number of aliphatic hydroxyl groups is 2. The normalized spacial score (nSPS) is 14.0. The average Bonchev–Trinajstić information content (AvgIpc) is 2.96. The van der Waals surface area contributed by atoms with Gasteiger partial charge in [-0.1, -0.05) is 132 Å². The molecular formula is C36H63NO3. The van der Waals surface area contributed by atoms with Crippen molar-refractivity contribution in [1.82, 2.24) is 5.32 Å². The van der Waals surface area contributed by atoms with Gasteiger partial charge >= 0.3 is 0 Å². The molecule has 0 saturated carbocycles. The van der Waals surface area contributed by atoms with Gasteiger partial charge in [-0.15, -0.1) is 0 Å². The molecule has 0 fully saturated rings. The molecule has 4 nitrogen and oxygen atoms in total. The fraction of sp³-hybridized carbons (Fsp3) is 0.694. The van der Waals surface area contributed by atoms with E-state index in [0.717, 1.165) is 38.5 Å². The Balaban J connectivity index is 3.65. The Kier molecular flexibility index (Phi) is 30.1. The second-order valence-electron chi connectivity index (χ2n) is 10.9. The molecule has 0 spiro atoms. The van der Waals surface area contributed by atoms with Crippen LogP contribution in [0, 0.1) is 0 Å². The van der Waals surface area contributed by atoms with Crippen LogP contribution in [0.15, 0.2) is 60.8 Å². The minimum Gasteiger partial charge on any atom is -0.394 e. The molecule has 0 rings (SSSR count). The zero-order valence-electron chi connectivity index (χ0n) is 26.1. The maximum atomic E-state index is 12.2. The lowest BCUT2D eigenvalue weighted by Gasteiger charge is -2.19. The quantitative estimate of drug-likeness (QED) is 0.0510.